The molecular formula is C14H29N3O2S. The maximum atomic E-state index is 12.4. The number of hydrogen-bond acceptors (Lipinski definition) is 3. The zero-order chi connectivity index (χ0) is 14.6. The lowest BCUT2D eigenvalue weighted by Gasteiger charge is -2.35. The molecule has 0 amide bonds. The van der Waals surface area contributed by atoms with Crippen LogP contribution in [-0.4, -0.2) is 44.9 Å². The third-order valence-corrected chi connectivity index (χ3v) is 6.50. The Morgan fingerprint density at radius 2 is 1.85 bits per heavy atom. The van der Waals surface area contributed by atoms with Crippen molar-refractivity contribution in [3.8, 4) is 0 Å². The van der Waals surface area contributed by atoms with Crippen molar-refractivity contribution in [2.75, 3.05) is 26.2 Å². The molecule has 0 aromatic heterocycles. The van der Waals surface area contributed by atoms with Crippen molar-refractivity contribution in [2.24, 2.45) is 11.8 Å². The normalized spacial score (nSPS) is 24.5. The van der Waals surface area contributed by atoms with E-state index in [1.54, 1.807) is 4.31 Å². The molecule has 1 saturated heterocycles. The van der Waals surface area contributed by atoms with E-state index in [-0.39, 0.29) is 6.04 Å². The molecule has 2 N–H and O–H groups in total. The molecule has 2 aliphatic rings. The second kappa shape index (κ2) is 7.20. The second-order valence-electron chi connectivity index (χ2n) is 6.25. The molecule has 0 aromatic rings. The minimum absolute atomic E-state index is 0.0771. The van der Waals surface area contributed by atoms with Gasteiger partial charge in [-0.05, 0) is 57.5 Å². The molecule has 2 fully saturated rings. The summed E-state index contributed by atoms with van der Waals surface area (Å²) in [5.74, 6) is 1.15. The molecule has 1 heterocycles. The van der Waals surface area contributed by atoms with Crippen LogP contribution in [0.3, 0.4) is 0 Å². The van der Waals surface area contributed by atoms with E-state index in [0.717, 1.165) is 38.8 Å². The first-order valence-corrected chi connectivity index (χ1v) is 9.45. The highest BCUT2D eigenvalue weighted by molar-refractivity contribution is 7.87. The van der Waals surface area contributed by atoms with Crippen LogP contribution in [0.15, 0.2) is 0 Å². The number of nitrogens with zero attached hydrogens (tertiary/aromatic N) is 1. The van der Waals surface area contributed by atoms with Crippen LogP contribution in [0.5, 0.6) is 0 Å². The highest BCUT2D eigenvalue weighted by atomic mass is 32.2. The van der Waals surface area contributed by atoms with Crippen LogP contribution in [0.25, 0.3) is 0 Å². The van der Waals surface area contributed by atoms with E-state index < -0.39 is 10.2 Å². The molecule has 0 spiro atoms. The predicted octanol–water partition coefficient (Wildman–Crippen LogP) is 1.33. The van der Waals surface area contributed by atoms with Crippen LogP contribution in [0.4, 0.5) is 0 Å². The standard InChI is InChI=1S/C14H29N3O2S/c1-3-15-11-13-7-9-17(10-8-13)20(18,19)16-12(2)14-5-4-6-14/h12-16H,3-11H2,1-2H3. The first-order valence-electron chi connectivity index (χ1n) is 8.01. The predicted molar refractivity (Wildman–Crippen MR) is 81.7 cm³/mol. The Hall–Kier alpha value is -0.170. The van der Waals surface area contributed by atoms with Crippen LogP contribution in [0, 0.1) is 11.8 Å². The minimum Gasteiger partial charge on any atom is -0.317 e. The lowest BCUT2D eigenvalue weighted by molar-refractivity contribution is 0.243. The molecule has 1 atom stereocenters. The summed E-state index contributed by atoms with van der Waals surface area (Å²) in [6, 6.07) is 0.0771. The Balaban J connectivity index is 1.79. The van der Waals surface area contributed by atoms with Crippen LogP contribution < -0.4 is 10.0 Å². The summed E-state index contributed by atoms with van der Waals surface area (Å²) in [6.45, 7) is 7.41. The van der Waals surface area contributed by atoms with Crippen molar-refractivity contribution >= 4 is 10.2 Å². The zero-order valence-corrected chi connectivity index (χ0v) is 13.6. The second-order valence-corrected chi connectivity index (χ2v) is 7.95. The summed E-state index contributed by atoms with van der Waals surface area (Å²) in [5.41, 5.74) is 0. The van der Waals surface area contributed by atoms with Gasteiger partial charge in [-0.1, -0.05) is 13.3 Å². The first-order chi connectivity index (χ1) is 9.53. The fourth-order valence-corrected chi connectivity index (χ4v) is 4.55. The van der Waals surface area contributed by atoms with Crippen molar-refractivity contribution < 1.29 is 8.42 Å². The summed E-state index contributed by atoms with van der Waals surface area (Å²) < 4.78 is 29.2. The van der Waals surface area contributed by atoms with Crippen LogP contribution in [0.2, 0.25) is 0 Å². The Labute approximate surface area is 123 Å². The molecule has 1 saturated carbocycles. The monoisotopic (exact) mass is 303 g/mol. The average Bonchev–Trinajstić information content (AvgIpc) is 2.34. The van der Waals surface area contributed by atoms with Crippen molar-refractivity contribution in [1.82, 2.24) is 14.3 Å². The lowest BCUT2D eigenvalue weighted by Crippen LogP contribution is -2.50. The maximum absolute atomic E-state index is 12.4. The van der Waals surface area contributed by atoms with Gasteiger partial charge in [0.25, 0.3) is 10.2 Å². The summed E-state index contributed by atoms with van der Waals surface area (Å²) in [7, 11) is -3.28. The van der Waals surface area contributed by atoms with Gasteiger partial charge in [-0.25, -0.2) is 0 Å². The Bertz CT molecular complexity index is 387. The van der Waals surface area contributed by atoms with E-state index >= 15 is 0 Å². The summed E-state index contributed by atoms with van der Waals surface area (Å²) >= 11 is 0. The first kappa shape index (κ1) is 16.2. The largest absolute Gasteiger partial charge is 0.317 e. The van der Waals surface area contributed by atoms with Gasteiger partial charge in [-0.15, -0.1) is 0 Å². The molecule has 6 heteroatoms. The quantitative estimate of drug-likeness (QED) is 0.746. The summed E-state index contributed by atoms with van der Waals surface area (Å²) in [6.07, 6.45) is 5.49. The van der Waals surface area contributed by atoms with E-state index in [4.69, 9.17) is 0 Å². The van der Waals surface area contributed by atoms with Crippen LogP contribution in [0.1, 0.15) is 46.0 Å². The number of nitrogens with one attached hydrogen (secondary N) is 2. The Kier molecular flexibility index (Phi) is 5.84. The molecular weight excluding hydrogens is 274 g/mol. The summed E-state index contributed by atoms with van der Waals surface area (Å²) in [5, 5.41) is 3.35. The van der Waals surface area contributed by atoms with Crippen molar-refractivity contribution in [3.05, 3.63) is 0 Å². The van der Waals surface area contributed by atoms with Gasteiger partial charge in [0.05, 0.1) is 0 Å². The molecule has 0 bridgehead atoms. The number of hydrogen-bond donors (Lipinski definition) is 2. The van der Waals surface area contributed by atoms with Gasteiger partial charge in [0.2, 0.25) is 0 Å². The molecule has 1 aliphatic heterocycles. The molecule has 118 valence electrons. The molecule has 20 heavy (non-hydrogen) atoms. The van der Waals surface area contributed by atoms with Gasteiger partial charge >= 0.3 is 0 Å². The average molecular weight is 303 g/mol. The lowest BCUT2D eigenvalue weighted by atomic mass is 9.81. The minimum atomic E-state index is -3.28. The SMILES string of the molecule is CCNCC1CCN(S(=O)(=O)NC(C)C2CCC2)CC1. The molecule has 1 unspecified atom stereocenters. The van der Waals surface area contributed by atoms with Crippen molar-refractivity contribution in [2.45, 2.75) is 52.0 Å². The van der Waals surface area contributed by atoms with Gasteiger partial charge in [0.1, 0.15) is 0 Å². The van der Waals surface area contributed by atoms with E-state index in [1.807, 2.05) is 6.92 Å². The number of rotatable bonds is 7. The van der Waals surface area contributed by atoms with Crippen LogP contribution in [-0.2, 0) is 10.2 Å². The fourth-order valence-electron chi connectivity index (χ4n) is 3.05. The van der Waals surface area contributed by atoms with Crippen LogP contribution >= 0.6 is 0 Å². The van der Waals surface area contributed by atoms with E-state index in [9.17, 15) is 8.42 Å². The van der Waals surface area contributed by atoms with Gasteiger partial charge in [-0.3, -0.25) is 0 Å². The van der Waals surface area contributed by atoms with E-state index in [2.05, 4.69) is 17.0 Å². The van der Waals surface area contributed by atoms with Crippen molar-refractivity contribution in [1.29, 1.82) is 0 Å². The fraction of sp³-hybridized carbons (Fsp3) is 1.00. The van der Waals surface area contributed by atoms with E-state index in [0.29, 0.717) is 24.9 Å². The molecule has 1 aliphatic carbocycles. The maximum Gasteiger partial charge on any atom is 0.279 e. The Morgan fingerprint density at radius 3 is 2.35 bits per heavy atom. The Morgan fingerprint density at radius 1 is 1.20 bits per heavy atom. The summed E-state index contributed by atoms with van der Waals surface area (Å²) in [4.78, 5) is 0. The topological polar surface area (TPSA) is 61.4 Å². The molecule has 0 aromatic carbocycles. The van der Waals surface area contributed by atoms with E-state index in [1.165, 1.54) is 6.42 Å². The highest BCUT2D eigenvalue weighted by Gasteiger charge is 2.32. The highest BCUT2D eigenvalue weighted by Crippen LogP contribution is 2.30. The third-order valence-electron chi connectivity index (χ3n) is 4.79. The van der Waals surface area contributed by atoms with Crippen molar-refractivity contribution in [3.63, 3.8) is 0 Å². The van der Waals surface area contributed by atoms with Gasteiger partial charge in [0, 0.05) is 19.1 Å². The van der Waals surface area contributed by atoms with Gasteiger partial charge in [-0.2, -0.15) is 17.4 Å². The smallest absolute Gasteiger partial charge is 0.279 e. The third kappa shape index (κ3) is 4.16. The molecule has 5 nitrogen and oxygen atoms in total. The van der Waals surface area contributed by atoms with Gasteiger partial charge in [0.15, 0.2) is 0 Å². The molecule has 0 radical (unpaired) electrons. The number of piperidine rings is 1. The molecule has 2 rings (SSSR count). The zero-order valence-electron chi connectivity index (χ0n) is 12.8. The van der Waals surface area contributed by atoms with Gasteiger partial charge < -0.3 is 5.32 Å².